The molecule has 36 heavy (non-hydrogen) atoms. The minimum Gasteiger partial charge on any atom is -0.490 e. The number of nitrogens with one attached hydrogen (secondary N) is 3. The number of fused-ring (bicyclic) bond motifs is 3. The van der Waals surface area contributed by atoms with Crippen molar-refractivity contribution in [2.24, 2.45) is 5.92 Å². The zero-order valence-corrected chi connectivity index (χ0v) is 21.4. The van der Waals surface area contributed by atoms with E-state index in [0.29, 0.717) is 26.2 Å². The van der Waals surface area contributed by atoms with E-state index in [1.807, 2.05) is 16.4 Å². The highest BCUT2D eigenvalue weighted by molar-refractivity contribution is 9.10. The van der Waals surface area contributed by atoms with Gasteiger partial charge in [0.1, 0.15) is 0 Å². The summed E-state index contributed by atoms with van der Waals surface area (Å²) < 4.78 is 52.1. The molecule has 0 bridgehead atoms. The van der Waals surface area contributed by atoms with Crippen molar-refractivity contribution in [3.8, 4) is 5.75 Å². The average molecular weight is 579 g/mol. The molecular weight excluding hydrogens is 549 g/mol. The number of hydrogen-bond donors (Lipinski definition) is 3. The van der Waals surface area contributed by atoms with Crippen LogP contribution in [-0.4, -0.2) is 92.0 Å². The van der Waals surface area contributed by atoms with Crippen LogP contribution < -0.4 is 25.8 Å². The third-order valence-electron chi connectivity index (χ3n) is 6.51. The Morgan fingerprint density at radius 1 is 1.42 bits per heavy atom. The molecule has 0 spiro atoms. The number of ether oxygens (including phenoxy) is 2. The molecule has 2 fully saturated rings. The summed E-state index contributed by atoms with van der Waals surface area (Å²) in [5.74, 6) is -1.77. The summed E-state index contributed by atoms with van der Waals surface area (Å²) in [6.45, 7) is 4.19. The minimum atomic E-state index is -4.65. The van der Waals surface area contributed by atoms with E-state index >= 15 is 0 Å². The van der Waals surface area contributed by atoms with Gasteiger partial charge in [0.2, 0.25) is 11.8 Å². The first-order chi connectivity index (χ1) is 17.1. The molecule has 2 saturated heterocycles. The third-order valence-corrected chi connectivity index (χ3v) is 6.95. The number of amides is 2. The summed E-state index contributed by atoms with van der Waals surface area (Å²) in [4.78, 5) is 33.0. The molecule has 4 heterocycles. The Hall–Kier alpha value is -2.16. The number of piperazine rings is 1. The largest absolute Gasteiger partial charge is 0.490 e. The lowest BCUT2D eigenvalue weighted by atomic mass is 9.96. The maximum absolute atomic E-state index is 13.3. The van der Waals surface area contributed by atoms with Gasteiger partial charge in [0.25, 0.3) is 0 Å². The average Bonchev–Trinajstić information content (AvgIpc) is 2.99. The van der Waals surface area contributed by atoms with E-state index in [-0.39, 0.29) is 38.1 Å². The van der Waals surface area contributed by atoms with Crippen LogP contribution in [0.25, 0.3) is 0 Å². The molecule has 0 radical (unpaired) electrons. The number of pyridine rings is 1. The summed E-state index contributed by atoms with van der Waals surface area (Å²) >= 11 is 3.42. The lowest BCUT2D eigenvalue weighted by Crippen LogP contribution is -2.64. The number of hydrazine groups is 1. The number of carbonyl (C=O) groups is 2. The molecular formula is C22H30BrF3N6O4. The van der Waals surface area contributed by atoms with E-state index in [1.54, 1.807) is 13.1 Å². The lowest BCUT2D eigenvalue weighted by Gasteiger charge is -2.41. The van der Waals surface area contributed by atoms with Gasteiger partial charge in [-0.2, -0.15) is 13.2 Å². The Labute approximate surface area is 215 Å². The van der Waals surface area contributed by atoms with E-state index in [0.717, 1.165) is 22.5 Å². The van der Waals surface area contributed by atoms with Crippen LogP contribution in [0.15, 0.2) is 16.7 Å². The van der Waals surface area contributed by atoms with Gasteiger partial charge >= 0.3 is 6.18 Å². The van der Waals surface area contributed by atoms with Crippen LogP contribution in [0.3, 0.4) is 0 Å². The SMILES string of the molecule is C[C@@H](COCCC(=O)N1CCN2c3ncc(Br)cc3OCC[C@H]2C1)NC1CNNC(=O)C1C(F)(F)F. The number of rotatable bonds is 7. The van der Waals surface area contributed by atoms with Gasteiger partial charge in [0.15, 0.2) is 17.5 Å². The Morgan fingerprint density at radius 2 is 2.22 bits per heavy atom. The highest BCUT2D eigenvalue weighted by Gasteiger charge is 2.51. The summed E-state index contributed by atoms with van der Waals surface area (Å²) in [7, 11) is 0. The highest BCUT2D eigenvalue weighted by Crippen LogP contribution is 2.34. The first-order valence-corrected chi connectivity index (χ1v) is 12.7. The Balaban J connectivity index is 1.21. The van der Waals surface area contributed by atoms with Crippen LogP contribution in [0.5, 0.6) is 5.75 Å². The predicted molar refractivity (Wildman–Crippen MR) is 127 cm³/mol. The van der Waals surface area contributed by atoms with Crippen LogP contribution >= 0.6 is 15.9 Å². The quantitative estimate of drug-likeness (QED) is 0.414. The van der Waals surface area contributed by atoms with Gasteiger partial charge in [-0.3, -0.25) is 15.0 Å². The van der Waals surface area contributed by atoms with Crippen LogP contribution in [0.1, 0.15) is 19.8 Å². The number of alkyl halides is 3. The van der Waals surface area contributed by atoms with E-state index in [4.69, 9.17) is 9.47 Å². The maximum Gasteiger partial charge on any atom is 0.402 e. The number of nitrogens with zero attached hydrogens (tertiary/aromatic N) is 3. The van der Waals surface area contributed by atoms with Gasteiger partial charge in [-0.05, 0) is 28.9 Å². The minimum absolute atomic E-state index is 0.0327. The third kappa shape index (κ3) is 6.39. The Morgan fingerprint density at radius 3 is 3.00 bits per heavy atom. The molecule has 3 aliphatic rings. The highest BCUT2D eigenvalue weighted by atomic mass is 79.9. The van der Waals surface area contributed by atoms with Crippen LogP contribution in [0.2, 0.25) is 0 Å². The van der Waals surface area contributed by atoms with Gasteiger partial charge < -0.3 is 24.6 Å². The van der Waals surface area contributed by atoms with E-state index in [9.17, 15) is 22.8 Å². The number of anilines is 1. The first kappa shape index (κ1) is 26.9. The van der Waals surface area contributed by atoms with Crippen LogP contribution in [0, 0.1) is 5.92 Å². The molecule has 4 rings (SSSR count). The number of aromatic nitrogens is 1. The molecule has 0 saturated carbocycles. The van der Waals surface area contributed by atoms with E-state index in [1.165, 1.54) is 0 Å². The monoisotopic (exact) mass is 578 g/mol. The summed E-state index contributed by atoms with van der Waals surface area (Å²) in [5, 5.41) is 2.82. The van der Waals surface area contributed by atoms with Crippen LogP contribution in [0.4, 0.5) is 19.0 Å². The maximum atomic E-state index is 13.3. The summed E-state index contributed by atoms with van der Waals surface area (Å²) in [5.41, 5.74) is 4.50. The summed E-state index contributed by atoms with van der Waals surface area (Å²) in [6.07, 6.45) is -1.97. The Kier molecular flexibility index (Phi) is 8.58. The standard InChI is InChI=1S/C22H30BrF3N6O4/c1-13(29-16-10-28-30-21(34)19(16)22(24,25)26)12-35-6-3-18(33)31-4-5-32-15(11-31)2-7-36-17-8-14(23)9-27-20(17)32/h8-9,13,15-16,19,28-29H,2-7,10-12H2,1H3,(H,30,34)/t13-,15-,16?,19?/m0/s1. The molecule has 10 nitrogen and oxygen atoms in total. The molecule has 14 heteroatoms. The number of halogens is 4. The normalized spacial score (nSPS) is 25.2. The molecule has 1 aromatic rings. The number of hydrogen-bond acceptors (Lipinski definition) is 8. The molecule has 2 amide bonds. The van der Waals surface area contributed by atoms with Crippen LogP contribution in [-0.2, 0) is 14.3 Å². The van der Waals surface area contributed by atoms with Crippen molar-refractivity contribution in [3.05, 3.63) is 16.7 Å². The Bertz CT molecular complexity index is 955. The molecule has 0 aromatic carbocycles. The van der Waals surface area contributed by atoms with Gasteiger partial charge in [0, 0.05) is 55.4 Å². The van der Waals surface area contributed by atoms with Crippen molar-refractivity contribution in [2.75, 3.05) is 50.9 Å². The summed E-state index contributed by atoms with van der Waals surface area (Å²) in [6, 6.07) is 0.452. The second-order valence-corrected chi connectivity index (χ2v) is 10.1. The second kappa shape index (κ2) is 11.5. The molecule has 3 aliphatic heterocycles. The fourth-order valence-electron chi connectivity index (χ4n) is 4.80. The first-order valence-electron chi connectivity index (χ1n) is 11.9. The van der Waals surface area contributed by atoms with E-state index in [2.05, 4.69) is 36.6 Å². The lowest BCUT2D eigenvalue weighted by molar-refractivity contribution is -0.193. The second-order valence-electron chi connectivity index (χ2n) is 9.19. The molecule has 1 aromatic heterocycles. The van der Waals surface area contributed by atoms with Gasteiger partial charge in [-0.1, -0.05) is 0 Å². The van der Waals surface area contributed by atoms with Crippen molar-refractivity contribution in [1.29, 1.82) is 0 Å². The fourth-order valence-corrected chi connectivity index (χ4v) is 5.11. The predicted octanol–water partition coefficient (Wildman–Crippen LogP) is 1.21. The molecule has 4 atom stereocenters. The zero-order chi connectivity index (χ0) is 25.9. The van der Waals surface area contributed by atoms with Crippen molar-refractivity contribution in [2.45, 2.75) is 44.1 Å². The smallest absolute Gasteiger partial charge is 0.402 e. The zero-order valence-electron chi connectivity index (χ0n) is 19.8. The van der Waals surface area contributed by atoms with E-state index < -0.39 is 30.1 Å². The van der Waals surface area contributed by atoms with Gasteiger partial charge in [-0.15, -0.1) is 0 Å². The topological polar surface area (TPSA) is 108 Å². The van der Waals surface area contributed by atoms with Crippen molar-refractivity contribution in [1.82, 2.24) is 26.1 Å². The van der Waals surface area contributed by atoms with Gasteiger partial charge in [-0.25, -0.2) is 10.4 Å². The van der Waals surface area contributed by atoms with Crippen molar-refractivity contribution in [3.63, 3.8) is 0 Å². The molecule has 3 N–H and O–H groups in total. The molecule has 2 unspecified atom stereocenters. The fraction of sp³-hybridized carbons (Fsp3) is 0.682. The van der Waals surface area contributed by atoms with Crippen molar-refractivity contribution < 1.29 is 32.2 Å². The van der Waals surface area contributed by atoms with Gasteiger partial charge in [0.05, 0.1) is 32.3 Å². The molecule has 0 aliphatic carbocycles. The van der Waals surface area contributed by atoms with Crippen molar-refractivity contribution >= 4 is 33.6 Å². The number of carbonyl (C=O) groups excluding carboxylic acids is 2. The molecule has 200 valence electrons.